The summed E-state index contributed by atoms with van der Waals surface area (Å²) in [5.74, 6) is 0.319. The van der Waals surface area contributed by atoms with E-state index in [9.17, 15) is 9.59 Å². The minimum Gasteiger partial charge on any atom is -0.497 e. The monoisotopic (exact) mass is 338 g/mol. The van der Waals surface area contributed by atoms with Crippen LogP contribution in [0.1, 0.15) is 50.5 Å². The maximum absolute atomic E-state index is 13.1. The van der Waals surface area contributed by atoms with Crippen LogP contribution in [-0.2, 0) is 9.53 Å². The molecule has 3 aliphatic rings. The van der Waals surface area contributed by atoms with Crippen molar-refractivity contribution in [1.82, 2.24) is 0 Å². The molecule has 0 fully saturated rings. The molecule has 0 saturated heterocycles. The molecule has 0 saturated carbocycles. The van der Waals surface area contributed by atoms with E-state index in [1.54, 1.807) is 19.2 Å². The molecule has 0 unspecified atom stereocenters. The van der Waals surface area contributed by atoms with E-state index in [0.29, 0.717) is 28.2 Å². The van der Waals surface area contributed by atoms with Gasteiger partial charge in [0.25, 0.3) is 0 Å². The summed E-state index contributed by atoms with van der Waals surface area (Å²) in [5, 5.41) is 0. The van der Waals surface area contributed by atoms with Gasteiger partial charge in [0, 0.05) is 16.5 Å². The van der Waals surface area contributed by atoms with Crippen LogP contribution in [0.5, 0.6) is 5.75 Å². The number of Topliss-reactive ketones (excluding diaryl/α,β-unsaturated/α-hetero) is 2. The molecule has 1 aliphatic heterocycles. The zero-order chi connectivity index (χ0) is 18.3. The number of carbonyl (C=O) groups excluding carboxylic acids is 2. The lowest BCUT2D eigenvalue weighted by molar-refractivity contribution is -0.113. The average molecular weight is 338 g/mol. The highest BCUT2D eigenvalue weighted by Crippen LogP contribution is 2.66. The predicted molar refractivity (Wildman–Crippen MR) is 94.4 cm³/mol. The molecule has 4 heteroatoms. The molecule has 0 spiro atoms. The molecule has 1 aromatic carbocycles. The van der Waals surface area contributed by atoms with Gasteiger partial charge in [0.1, 0.15) is 17.1 Å². The zero-order valence-corrected chi connectivity index (χ0v) is 15.4. The van der Waals surface area contributed by atoms with Crippen LogP contribution < -0.4 is 4.74 Å². The number of methoxy groups -OCH3 is 1. The fourth-order valence-corrected chi connectivity index (χ4v) is 4.87. The Morgan fingerprint density at radius 3 is 2.40 bits per heavy atom. The fraction of sp³-hybridized carbons (Fsp3) is 0.429. The summed E-state index contributed by atoms with van der Waals surface area (Å²) in [6.07, 6.45) is 0. The van der Waals surface area contributed by atoms with Gasteiger partial charge in [-0.2, -0.15) is 0 Å². The lowest BCUT2D eigenvalue weighted by atomic mass is 9.63. The van der Waals surface area contributed by atoms with E-state index >= 15 is 0 Å². The maximum Gasteiger partial charge on any atom is 0.234 e. The van der Waals surface area contributed by atoms with E-state index in [-0.39, 0.29) is 5.92 Å². The van der Waals surface area contributed by atoms with Gasteiger partial charge in [-0.3, -0.25) is 9.59 Å². The first kappa shape index (κ1) is 16.1. The highest BCUT2D eigenvalue weighted by Gasteiger charge is 2.66. The minimum absolute atomic E-state index is 0.126. The van der Waals surface area contributed by atoms with Crippen LogP contribution >= 0.6 is 0 Å². The van der Waals surface area contributed by atoms with Gasteiger partial charge in [-0.15, -0.1) is 0 Å². The summed E-state index contributed by atoms with van der Waals surface area (Å²) < 4.78 is 11.7. The molecule has 130 valence electrons. The molecule has 0 amide bonds. The number of fused-ring (bicyclic) bond motifs is 4. The van der Waals surface area contributed by atoms with Crippen LogP contribution in [-0.4, -0.2) is 24.3 Å². The Labute approximate surface area is 147 Å². The highest BCUT2D eigenvalue weighted by molar-refractivity contribution is 6.52. The molecule has 1 aromatic rings. The lowest BCUT2D eigenvalue weighted by Crippen LogP contribution is -2.45. The molecule has 4 rings (SSSR count). The van der Waals surface area contributed by atoms with Crippen LogP contribution in [0.4, 0.5) is 0 Å². The van der Waals surface area contributed by atoms with Crippen molar-refractivity contribution < 1.29 is 19.1 Å². The molecule has 0 bridgehead atoms. The number of hydrogen-bond donors (Lipinski definition) is 0. The van der Waals surface area contributed by atoms with Crippen molar-refractivity contribution in [2.75, 3.05) is 7.11 Å². The molecule has 0 aromatic heterocycles. The first-order valence-corrected chi connectivity index (χ1v) is 8.57. The van der Waals surface area contributed by atoms with Gasteiger partial charge in [-0.25, -0.2) is 0 Å². The molecular formula is C21H22O4. The number of ketones is 2. The van der Waals surface area contributed by atoms with Crippen molar-refractivity contribution in [3.05, 3.63) is 46.0 Å². The first-order chi connectivity index (χ1) is 11.7. The lowest BCUT2D eigenvalue weighted by Gasteiger charge is -2.39. The molecular weight excluding hydrogens is 316 g/mol. The Bertz CT molecular complexity index is 920. The smallest absolute Gasteiger partial charge is 0.234 e. The van der Waals surface area contributed by atoms with Gasteiger partial charge in [-0.1, -0.05) is 19.4 Å². The quantitative estimate of drug-likeness (QED) is 0.575. The van der Waals surface area contributed by atoms with Crippen LogP contribution in [0.2, 0.25) is 0 Å². The van der Waals surface area contributed by atoms with E-state index < -0.39 is 22.6 Å². The van der Waals surface area contributed by atoms with Crippen LogP contribution in [0.25, 0.3) is 5.76 Å². The molecule has 3 atom stereocenters. The Morgan fingerprint density at radius 1 is 1.08 bits per heavy atom. The minimum atomic E-state index is -0.612. The summed E-state index contributed by atoms with van der Waals surface area (Å²) >= 11 is 0. The van der Waals surface area contributed by atoms with Gasteiger partial charge in [0.15, 0.2) is 0 Å². The van der Waals surface area contributed by atoms with E-state index in [2.05, 4.69) is 27.7 Å². The second kappa shape index (κ2) is 4.63. The highest BCUT2D eigenvalue weighted by atomic mass is 16.5. The number of allylic oxidation sites excluding steroid dienone is 1. The van der Waals surface area contributed by atoms with Crippen LogP contribution in [0.3, 0.4) is 0 Å². The number of carbonyl (C=O) groups is 2. The van der Waals surface area contributed by atoms with Gasteiger partial charge in [0.05, 0.1) is 12.7 Å². The van der Waals surface area contributed by atoms with Crippen molar-refractivity contribution in [1.29, 1.82) is 0 Å². The summed E-state index contributed by atoms with van der Waals surface area (Å²) in [4.78, 5) is 25.9. The summed E-state index contributed by atoms with van der Waals surface area (Å²) in [6, 6.07) is 5.24. The zero-order valence-electron chi connectivity index (χ0n) is 15.4. The van der Waals surface area contributed by atoms with Crippen molar-refractivity contribution in [2.24, 2.45) is 11.3 Å². The number of ether oxygens (including phenoxy) is 2. The van der Waals surface area contributed by atoms with Crippen molar-refractivity contribution >= 4 is 17.3 Å². The molecule has 25 heavy (non-hydrogen) atoms. The second-order valence-corrected chi connectivity index (χ2v) is 7.64. The largest absolute Gasteiger partial charge is 0.497 e. The third-order valence-corrected chi connectivity index (χ3v) is 7.02. The van der Waals surface area contributed by atoms with E-state index in [1.165, 1.54) is 5.57 Å². The van der Waals surface area contributed by atoms with Crippen molar-refractivity contribution in [2.45, 2.75) is 40.2 Å². The molecule has 0 N–H and O–H groups in total. The number of rotatable bonds is 1. The van der Waals surface area contributed by atoms with Crippen LogP contribution in [0.15, 0.2) is 34.9 Å². The van der Waals surface area contributed by atoms with Crippen molar-refractivity contribution in [3.8, 4) is 5.75 Å². The fourth-order valence-electron chi connectivity index (χ4n) is 4.87. The van der Waals surface area contributed by atoms with Gasteiger partial charge >= 0.3 is 0 Å². The topological polar surface area (TPSA) is 52.6 Å². The predicted octanol–water partition coefficient (Wildman–Crippen LogP) is 3.95. The van der Waals surface area contributed by atoms with E-state index in [0.717, 1.165) is 5.57 Å². The average Bonchev–Trinajstić information content (AvgIpc) is 2.92. The van der Waals surface area contributed by atoms with Gasteiger partial charge in [-0.05, 0) is 50.5 Å². The Kier molecular flexibility index (Phi) is 2.98. The third-order valence-electron chi connectivity index (χ3n) is 7.02. The van der Waals surface area contributed by atoms with Crippen molar-refractivity contribution in [3.63, 3.8) is 0 Å². The molecule has 1 heterocycles. The van der Waals surface area contributed by atoms with Gasteiger partial charge < -0.3 is 9.47 Å². The van der Waals surface area contributed by atoms with E-state index in [1.807, 2.05) is 13.0 Å². The van der Waals surface area contributed by atoms with Crippen LogP contribution in [0, 0.1) is 11.3 Å². The summed E-state index contributed by atoms with van der Waals surface area (Å²) in [7, 11) is 1.54. The third kappa shape index (κ3) is 1.58. The standard InChI is InChI=1S/C21H22O4/c1-10-11(2)20(4)16-18(23)17(22)15-9-13(24-6)7-8-14(15)19(16)25-21(20,5)12(10)3/h7-9,11H,1-6H3/t11-,20-,21-/m0/s1. The Hall–Kier alpha value is -2.36. The number of hydrogen-bond acceptors (Lipinski definition) is 4. The SMILES string of the molecule is COc1ccc2c(c1)C(=O)C(=O)C1=C2O[C@@]2(C)C(C)=C(C)[C@H](C)[C@@]12C. The number of benzene rings is 1. The molecule has 4 nitrogen and oxygen atoms in total. The van der Waals surface area contributed by atoms with Gasteiger partial charge in [0.2, 0.25) is 11.6 Å². The molecule has 2 aliphatic carbocycles. The first-order valence-electron chi connectivity index (χ1n) is 8.57. The second-order valence-electron chi connectivity index (χ2n) is 7.64. The maximum atomic E-state index is 13.1. The Balaban J connectivity index is 2.00. The molecule has 0 radical (unpaired) electrons. The van der Waals surface area contributed by atoms with E-state index in [4.69, 9.17) is 9.47 Å². The normalized spacial score (nSPS) is 33.3. The summed E-state index contributed by atoms with van der Waals surface area (Å²) in [5.41, 5.74) is 2.81. The Morgan fingerprint density at radius 2 is 1.76 bits per heavy atom. The summed E-state index contributed by atoms with van der Waals surface area (Å²) in [6.45, 7) is 10.4.